The van der Waals surface area contributed by atoms with Gasteiger partial charge in [0.05, 0.1) is 22.4 Å². The van der Waals surface area contributed by atoms with Crippen LogP contribution in [0.3, 0.4) is 0 Å². The van der Waals surface area contributed by atoms with E-state index in [0.29, 0.717) is 0 Å². The number of hydrogen-bond donors (Lipinski definition) is 0. The number of ether oxygens (including phenoxy) is 1. The molecule has 4 aromatic carbocycles. The van der Waals surface area contributed by atoms with Crippen LogP contribution in [-0.2, 0) is 12.8 Å². The standard InChI is InChI=1S/C42H42N4O/c1-8-30-14-17-38-37(23-30)36-16-15-34(25-39(36)45(38)40-20-27(2)18-19-43-40)47-35-22-31(26-42(5,6)7)21-33(24-35)46-29(4)41(28(3)44-46)32-12-10-9-11-13-32/h9-25H,8,26H2,1-7H3. The minimum Gasteiger partial charge on any atom is -0.457 e. The number of benzene rings is 4. The largest absolute Gasteiger partial charge is 0.457 e. The molecule has 236 valence electrons. The summed E-state index contributed by atoms with van der Waals surface area (Å²) in [5.74, 6) is 2.47. The number of pyridine rings is 1. The number of fused-ring (bicyclic) bond motifs is 3. The van der Waals surface area contributed by atoms with E-state index in [4.69, 9.17) is 14.8 Å². The van der Waals surface area contributed by atoms with Crippen LogP contribution in [0.4, 0.5) is 0 Å². The van der Waals surface area contributed by atoms with E-state index in [0.717, 1.165) is 58.3 Å². The second-order valence-electron chi connectivity index (χ2n) is 13.9. The molecular weight excluding hydrogens is 576 g/mol. The zero-order chi connectivity index (χ0) is 32.9. The fourth-order valence-electron chi connectivity index (χ4n) is 6.81. The highest BCUT2D eigenvalue weighted by Crippen LogP contribution is 2.37. The number of rotatable bonds is 7. The van der Waals surface area contributed by atoms with E-state index in [1.807, 2.05) is 12.3 Å². The fraction of sp³-hybridized carbons (Fsp3) is 0.238. The minimum atomic E-state index is 0.109. The van der Waals surface area contributed by atoms with Crippen LogP contribution in [0.1, 0.15) is 55.8 Å². The molecule has 3 aromatic heterocycles. The van der Waals surface area contributed by atoms with Crippen molar-refractivity contribution >= 4 is 21.8 Å². The molecule has 0 fully saturated rings. The van der Waals surface area contributed by atoms with Crippen molar-refractivity contribution in [2.24, 2.45) is 5.41 Å². The molecule has 47 heavy (non-hydrogen) atoms. The third-order valence-electron chi connectivity index (χ3n) is 8.86. The van der Waals surface area contributed by atoms with Crippen molar-refractivity contribution in [3.63, 3.8) is 0 Å². The van der Waals surface area contributed by atoms with Gasteiger partial charge in [0.2, 0.25) is 0 Å². The summed E-state index contributed by atoms with van der Waals surface area (Å²) in [7, 11) is 0. The average molecular weight is 619 g/mol. The first-order chi connectivity index (χ1) is 22.6. The summed E-state index contributed by atoms with van der Waals surface area (Å²) >= 11 is 0. The lowest BCUT2D eigenvalue weighted by atomic mass is 9.88. The summed E-state index contributed by atoms with van der Waals surface area (Å²) in [5, 5.41) is 7.43. The van der Waals surface area contributed by atoms with Gasteiger partial charge < -0.3 is 4.74 Å². The van der Waals surface area contributed by atoms with E-state index < -0.39 is 0 Å². The number of aromatic nitrogens is 4. The molecule has 7 aromatic rings. The van der Waals surface area contributed by atoms with E-state index in [1.165, 1.54) is 38.6 Å². The first-order valence-corrected chi connectivity index (χ1v) is 16.5. The molecule has 0 aliphatic heterocycles. The lowest BCUT2D eigenvalue weighted by Crippen LogP contribution is -2.10. The van der Waals surface area contributed by atoms with Crippen LogP contribution in [-0.4, -0.2) is 19.3 Å². The van der Waals surface area contributed by atoms with Gasteiger partial charge in [-0.3, -0.25) is 4.57 Å². The summed E-state index contributed by atoms with van der Waals surface area (Å²) < 4.78 is 11.1. The second-order valence-corrected chi connectivity index (χ2v) is 13.9. The summed E-state index contributed by atoms with van der Waals surface area (Å²) in [6, 6.07) is 34.4. The van der Waals surface area contributed by atoms with Gasteiger partial charge in [0.1, 0.15) is 17.3 Å². The molecule has 0 saturated carbocycles. The molecule has 0 radical (unpaired) electrons. The predicted octanol–water partition coefficient (Wildman–Crippen LogP) is 10.9. The van der Waals surface area contributed by atoms with Crippen molar-refractivity contribution in [1.82, 2.24) is 19.3 Å². The zero-order valence-corrected chi connectivity index (χ0v) is 28.4. The molecule has 5 nitrogen and oxygen atoms in total. The molecule has 0 aliphatic rings. The highest BCUT2D eigenvalue weighted by molar-refractivity contribution is 6.09. The van der Waals surface area contributed by atoms with Crippen LogP contribution < -0.4 is 4.74 Å². The van der Waals surface area contributed by atoms with Crippen LogP contribution in [0.15, 0.2) is 103 Å². The molecule has 7 rings (SSSR count). The van der Waals surface area contributed by atoms with Crippen molar-refractivity contribution in [2.75, 3.05) is 0 Å². The number of aryl methyl sites for hydroxylation is 3. The first kappa shape index (κ1) is 30.5. The van der Waals surface area contributed by atoms with Gasteiger partial charge in [-0.1, -0.05) is 64.1 Å². The third-order valence-corrected chi connectivity index (χ3v) is 8.86. The Hall–Kier alpha value is -5.16. The van der Waals surface area contributed by atoms with Gasteiger partial charge in [0.15, 0.2) is 0 Å². The van der Waals surface area contributed by atoms with E-state index in [1.54, 1.807) is 0 Å². The van der Waals surface area contributed by atoms with Crippen LogP contribution in [0.2, 0.25) is 0 Å². The Morgan fingerprint density at radius 2 is 1.53 bits per heavy atom. The lowest BCUT2D eigenvalue weighted by molar-refractivity contribution is 0.409. The number of hydrogen-bond acceptors (Lipinski definition) is 3. The monoisotopic (exact) mass is 618 g/mol. The zero-order valence-electron chi connectivity index (χ0n) is 28.4. The van der Waals surface area contributed by atoms with Crippen LogP contribution in [0.25, 0.3) is 44.4 Å². The Kier molecular flexibility index (Phi) is 7.71. The Morgan fingerprint density at radius 1 is 0.723 bits per heavy atom. The topological polar surface area (TPSA) is 44.9 Å². The van der Waals surface area contributed by atoms with Gasteiger partial charge in [0.25, 0.3) is 0 Å². The van der Waals surface area contributed by atoms with Crippen molar-refractivity contribution < 1.29 is 4.74 Å². The molecule has 0 atom stereocenters. The van der Waals surface area contributed by atoms with E-state index in [-0.39, 0.29) is 5.41 Å². The Bertz CT molecular complexity index is 2250. The third kappa shape index (κ3) is 5.94. The van der Waals surface area contributed by atoms with Crippen molar-refractivity contribution in [2.45, 2.75) is 61.3 Å². The first-order valence-electron chi connectivity index (χ1n) is 16.5. The maximum Gasteiger partial charge on any atom is 0.137 e. The maximum atomic E-state index is 6.75. The summed E-state index contributed by atoms with van der Waals surface area (Å²) in [6.07, 6.45) is 3.78. The normalized spacial score (nSPS) is 11.9. The molecule has 0 amide bonds. The SMILES string of the molecule is CCc1ccc2c(c1)c1ccc(Oc3cc(CC(C)(C)C)cc(-n4nc(C)c(-c5ccccc5)c4C)c3)cc1n2-c1cc(C)ccn1. The molecule has 3 heterocycles. The molecular formula is C42H42N4O. The van der Waals surface area contributed by atoms with Crippen LogP contribution in [0, 0.1) is 26.2 Å². The van der Waals surface area contributed by atoms with Crippen molar-refractivity contribution in [1.29, 1.82) is 0 Å². The molecule has 0 aliphatic carbocycles. The molecule has 0 spiro atoms. The molecule has 0 saturated heterocycles. The molecule has 5 heteroatoms. The minimum absolute atomic E-state index is 0.109. The fourth-order valence-corrected chi connectivity index (χ4v) is 6.81. The van der Waals surface area contributed by atoms with Crippen molar-refractivity contribution in [3.05, 3.63) is 131 Å². The van der Waals surface area contributed by atoms with Gasteiger partial charge in [-0.05, 0) is 110 Å². The van der Waals surface area contributed by atoms with Gasteiger partial charge in [0, 0.05) is 40.4 Å². The number of nitrogens with zero attached hydrogens (tertiary/aromatic N) is 4. The van der Waals surface area contributed by atoms with Crippen LogP contribution >= 0.6 is 0 Å². The smallest absolute Gasteiger partial charge is 0.137 e. The van der Waals surface area contributed by atoms with E-state index in [9.17, 15) is 0 Å². The second kappa shape index (κ2) is 11.9. The lowest BCUT2D eigenvalue weighted by Gasteiger charge is -2.20. The summed E-state index contributed by atoms with van der Waals surface area (Å²) in [6.45, 7) is 15.4. The molecule has 0 N–H and O–H groups in total. The highest BCUT2D eigenvalue weighted by atomic mass is 16.5. The average Bonchev–Trinajstić information content (AvgIpc) is 3.52. The van der Waals surface area contributed by atoms with Gasteiger partial charge >= 0.3 is 0 Å². The highest BCUT2D eigenvalue weighted by Gasteiger charge is 2.19. The predicted molar refractivity (Wildman–Crippen MR) is 194 cm³/mol. The van der Waals surface area contributed by atoms with Gasteiger partial charge in [-0.15, -0.1) is 0 Å². The Labute approximate surface area is 277 Å². The van der Waals surface area contributed by atoms with Gasteiger partial charge in [-0.2, -0.15) is 5.10 Å². The molecule has 0 bridgehead atoms. The molecule has 0 unspecified atom stereocenters. The van der Waals surface area contributed by atoms with Gasteiger partial charge in [-0.25, -0.2) is 9.67 Å². The maximum absolute atomic E-state index is 6.75. The summed E-state index contributed by atoms with van der Waals surface area (Å²) in [4.78, 5) is 4.78. The van der Waals surface area contributed by atoms with E-state index in [2.05, 4.69) is 149 Å². The quantitative estimate of drug-likeness (QED) is 0.178. The van der Waals surface area contributed by atoms with E-state index >= 15 is 0 Å². The van der Waals surface area contributed by atoms with Crippen molar-refractivity contribution in [3.8, 4) is 34.1 Å². The van der Waals surface area contributed by atoms with Crippen LogP contribution in [0.5, 0.6) is 11.5 Å². The Balaban J connectivity index is 1.36. The summed E-state index contributed by atoms with van der Waals surface area (Å²) in [5.41, 5.74) is 11.5. The Morgan fingerprint density at radius 3 is 2.28 bits per heavy atom.